The fourth-order valence-electron chi connectivity index (χ4n) is 2.99. The summed E-state index contributed by atoms with van der Waals surface area (Å²) in [6.07, 6.45) is 2.44. The molecule has 2 heterocycles. The number of nitrogens with one attached hydrogen (secondary N) is 1. The number of nitrogens with zero attached hydrogens (tertiary/aromatic N) is 4. The van der Waals surface area contributed by atoms with Crippen molar-refractivity contribution in [3.05, 3.63) is 66.2 Å². The number of aryl methyl sites for hydroxylation is 1. The molecule has 7 heteroatoms. The van der Waals surface area contributed by atoms with Crippen LogP contribution in [0, 0.1) is 0 Å². The molecule has 0 spiro atoms. The minimum atomic E-state index is 0.202. The van der Waals surface area contributed by atoms with Crippen LogP contribution in [-0.2, 0) is 12.2 Å². The SMILES string of the molecule is OCCCCc1nnc(SCc2nc3ccccc3[nH]2)n1-c1ccccc1. The Morgan fingerprint density at radius 1 is 0.963 bits per heavy atom. The van der Waals surface area contributed by atoms with Gasteiger partial charge in [0.2, 0.25) is 0 Å². The lowest BCUT2D eigenvalue weighted by Crippen LogP contribution is -2.03. The van der Waals surface area contributed by atoms with E-state index in [1.165, 1.54) is 0 Å². The van der Waals surface area contributed by atoms with E-state index in [0.29, 0.717) is 5.75 Å². The summed E-state index contributed by atoms with van der Waals surface area (Å²) in [6.45, 7) is 0.202. The molecule has 0 radical (unpaired) electrons. The van der Waals surface area contributed by atoms with Crippen molar-refractivity contribution in [2.75, 3.05) is 6.61 Å². The van der Waals surface area contributed by atoms with Crippen LogP contribution < -0.4 is 0 Å². The predicted molar refractivity (Wildman–Crippen MR) is 107 cm³/mol. The van der Waals surface area contributed by atoms with Crippen LogP contribution in [0.2, 0.25) is 0 Å². The van der Waals surface area contributed by atoms with Crippen molar-refractivity contribution in [1.82, 2.24) is 24.7 Å². The van der Waals surface area contributed by atoms with E-state index in [2.05, 4.69) is 36.9 Å². The van der Waals surface area contributed by atoms with E-state index in [1.807, 2.05) is 42.5 Å². The van der Waals surface area contributed by atoms with Crippen molar-refractivity contribution in [3.8, 4) is 5.69 Å². The molecule has 0 fully saturated rings. The zero-order valence-corrected chi connectivity index (χ0v) is 15.7. The van der Waals surface area contributed by atoms with Gasteiger partial charge in [-0.05, 0) is 37.1 Å². The maximum atomic E-state index is 9.05. The number of aliphatic hydroxyl groups is 1. The summed E-state index contributed by atoms with van der Waals surface area (Å²) in [5.41, 5.74) is 3.07. The monoisotopic (exact) mass is 379 g/mol. The Hall–Kier alpha value is -2.64. The number of aliphatic hydroxyl groups excluding tert-OH is 1. The van der Waals surface area contributed by atoms with Crippen molar-refractivity contribution in [3.63, 3.8) is 0 Å². The fourth-order valence-corrected chi connectivity index (χ4v) is 3.83. The van der Waals surface area contributed by atoms with Crippen LogP contribution in [-0.4, -0.2) is 36.4 Å². The number of benzene rings is 2. The number of para-hydroxylation sites is 3. The molecule has 0 saturated heterocycles. The third-order valence-corrected chi connectivity index (χ3v) is 5.24. The Labute approximate surface area is 161 Å². The second-order valence-electron chi connectivity index (χ2n) is 6.24. The lowest BCUT2D eigenvalue weighted by Gasteiger charge is -2.09. The molecule has 2 N–H and O–H groups in total. The second-order valence-corrected chi connectivity index (χ2v) is 7.18. The van der Waals surface area contributed by atoms with Crippen LogP contribution in [0.3, 0.4) is 0 Å². The molecular weight excluding hydrogens is 358 g/mol. The summed E-state index contributed by atoms with van der Waals surface area (Å²) in [6, 6.07) is 18.2. The molecule has 2 aromatic heterocycles. The number of imidazole rings is 1. The van der Waals surface area contributed by atoms with Crippen LogP contribution >= 0.6 is 11.8 Å². The van der Waals surface area contributed by atoms with Crippen LogP contribution in [0.5, 0.6) is 0 Å². The summed E-state index contributed by atoms with van der Waals surface area (Å²) < 4.78 is 2.10. The molecular formula is C20H21N5OS. The van der Waals surface area contributed by atoms with Gasteiger partial charge in [0.1, 0.15) is 11.6 Å². The Kier molecular flexibility index (Phi) is 5.50. The van der Waals surface area contributed by atoms with Gasteiger partial charge in [-0.15, -0.1) is 10.2 Å². The number of hydrogen-bond acceptors (Lipinski definition) is 5. The summed E-state index contributed by atoms with van der Waals surface area (Å²) >= 11 is 1.62. The number of unbranched alkanes of at least 4 members (excludes halogenated alkanes) is 1. The highest BCUT2D eigenvalue weighted by Gasteiger charge is 2.15. The summed E-state index contributed by atoms with van der Waals surface area (Å²) in [5.74, 6) is 2.53. The summed E-state index contributed by atoms with van der Waals surface area (Å²) in [4.78, 5) is 7.99. The van der Waals surface area contributed by atoms with Crippen molar-refractivity contribution < 1.29 is 5.11 Å². The lowest BCUT2D eigenvalue weighted by molar-refractivity contribution is 0.284. The van der Waals surface area contributed by atoms with Crippen LogP contribution in [0.25, 0.3) is 16.7 Å². The van der Waals surface area contributed by atoms with Crippen LogP contribution in [0.4, 0.5) is 0 Å². The van der Waals surface area contributed by atoms with E-state index in [1.54, 1.807) is 11.8 Å². The van der Waals surface area contributed by atoms with E-state index in [9.17, 15) is 0 Å². The number of fused-ring (bicyclic) bond motifs is 1. The minimum absolute atomic E-state index is 0.202. The molecule has 138 valence electrons. The smallest absolute Gasteiger partial charge is 0.196 e. The summed E-state index contributed by atoms with van der Waals surface area (Å²) in [5, 5.41) is 18.7. The number of thioether (sulfide) groups is 1. The molecule has 0 bridgehead atoms. The first-order chi connectivity index (χ1) is 13.3. The largest absolute Gasteiger partial charge is 0.396 e. The number of hydrogen-bond donors (Lipinski definition) is 2. The first kappa shape index (κ1) is 17.8. The van der Waals surface area contributed by atoms with Gasteiger partial charge in [-0.25, -0.2) is 4.98 Å². The zero-order valence-electron chi connectivity index (χ0n) is 14.9. The van der Waals surface area contributed by atoms with E-state index in [-0.39, 0.29) is 6.61 Å². The van der Waals surface area contributed by atoms with Crippen LogP contribution in [0.1, 0.15) is 24.5 Å². The first-order valence-corrected chi connectivity index (χ1v) is 10.0. The highest BCUT2D eigenvalue weighted by atomic mass is 32.2. The molecule has 4 aromatic rings. The van der Waals surface area contributed by atoms with Crippen molar-refractivity contribution in [2.24, 2.45) is 0 Å². The maximum absolute atomic E-state index is 9.05. The van der Waals surface area contributed by atoms with Gasteiger partial charge in [0, 0.05) is 18.7 Å². The molecule has 0 unspecified atom stereocenters. The van der Waals surface area contributed by atoms with Gasteiger partial charge in [0.25, 0.3) is 0 Å². The van der Waals surface area contributed by atoms with Gasteiger partial charge in [-0.2, -0.15) is 0 Å². The van der Waals surface area contributed by atoms with Crippen LogP contribution in [0.15, 0.2) is 59.8 Å². The highest BCUT2D eigenvalue weighted by Crippen LogP contribution is 2.26. The van der Waals surface area contributed by atoms with Gasteiger partial charge in [0.15, 0.2) is 5.16 Å². The standard InChI is InChI=1S/C20H21N5OS/c26-13-7-6-12-19-23-24-20(25(19)15-8-2-1-3-9-15)27-14-18-21-16-10-4-5-11-17(16)22-18/h1-5,8-11,26H,6-7,12-14H2,(H,21,22). The number of aromatic amines is 1. The Morgan fingerprint density at radius 2 is 1.78 bits per heavy atom. The first-order valence-electron chi connectivity index (χ1n) is 9.02. The van der Waals surface area contributed by atoms with E-state index in [4.69, 9.17) is 5.11 Å². The quantitative estimate of drug-likeness (QED) is 0.360. The topological polar surface area (TPSA) is 79.6 Å². The molecule has 2 aromatic carbocycles. The number of rotatable bonds is 8. The van der Waals surface area contributed by atoms with Crippen molar-refractivity contribution >= 4 is 22.8 Å². The molecule has 6 nitrogen and oxygen atoms in total. The molecule has 0 amide bonds. The van der Waals surface area contributed by atoms with E-state index in [0.717, 1.165) is 52.8 Å². The number of H-pyrrole nitrogens is 1. The Balaban J connectivity index is 1.57. The fraction of sp³-hybridized carbons (Fsp3) is 0.250. The minimum Gasteiger partial charge on any atom is -0.396 e. The summed E-state index contributed by atoms with van der Waals surface area (Å²) in [7, 11) is 0. The van der Waals surface area contributed by atoms with Crippen molar-refractivity contribution in [1.29, 1.82) is 0 Å². The molecule has 0 aliphatic carbocycles. The van der Waals surface area contributed by atoms with Gasteiger partial charge >= 0.3 is 0 Å². The third-order valence-electron chi connectivity index (χ3n) is 4.30. The van der Waals surface area contributed by atoms with E-state index < -0.39 is 0 Å². The molecule has 0 saturated carbocycles. The molecule has 0 aliphatic rings. The number of aromatic nitrogens is 5. The Bertz CT molecular complexity index is 979. The molecule has 0 aliphatic heterocycles. The normalized spacial score (nSPS) is 11.3. The second kappa shape index (κ2) is 8.37. The average Bonchev–Trinajstić information content (AvgIpc) is 3.30. The molecule has 27 heavy (non-hydrogen) atoms. The Morgan fingerprint density at radius 3 is 2.59 bits per heavy atom. The third kappa shape index (κ3) is 4.04. The predicted octanol–water partition coefficient (Wildman–Crippen LogP) is 3.75. The van der Waals surface area contributed by atoms with Gasteiger partial charge in [-0.1, -0.05) is 42.1 Å². The molecule has 0 atom stereocenters. The molecule has 4 rings (SSSR count). The van der Waals surface area contributed by atoms with Crippen molar-refractivity contribution in [2.45, 2.75) is 30.2 Å². The van der Waals surface area contributed by atoms with Gasteiger partial charge in [-0.3, -0.25) is 4.57 Å². The highest BCUT2D eigenvalue weighted by molar-refractivity contribution is 7.98. The maximum Gasteiger partial charge on any atom is 0.196 e. The van der Waals surface area contributed by atoms with Gasteiger partial charge in [0.05, 0.1) is 16.8 Å². The zero-order chi connectivity index (χ0) is 18.5. The van der Waals surface area contributed by atoms with Gasteiger partial charge < -0.3 is 10.1 Å². The lowest BCUT2D eigenvalue weighted by atomic mass is 10.2. The average molecular weight is 379 g/mol. The van der Waals surface area contributed by atoms with E-state index >= 15 is 0 Å².